The molecule has 7 rings (SSSR count). The lowest BCUT2D eigenvalue weighted by atomic mass is 10.0. The van der Waals surface area contributed by atoms with Crippen LogP contribution in [0.2, 0.25) is 0 Å². The zero-order valence-electron chi connectivity index (χ0n) is 30.1. The average molecular weight is 763 g/mol. The van der Waals surface area contributed by atoms with Crippen molar-refractivity contribution in [1.82, 2.24) is 29.7 Å². The summed E-state index contributed by atoms with van der Waals surface area (Å²) in [5, 5.41) is 11.0. The summed E-state index contributed by atoms with van der Waals surface area (Å²) in [5.41, 5.74) is 9.38. The van der Waals surface area contributed by atoms with E-state index in [4.69, 9.17) is 25.5 Å². The van der Waals surface area contributed by atoms with Crippen LogP contribution >= 0.6 is 34.0 Å². The van der Waals surface area contributed by atoms with E-state index in [-0.39, 0.29) is 18.0 Å². The van der Waals surface area contributed by atoms with E-state index < -0.39 is 11.2 Å². The molecule has 0 aromatic carbocycles. The Bertz CT molecular complexity index is 2030. The average Bonchev–Trinajstić information content (AvgIpc) is 3.77. The van der Waals surface area contributed by atoms with E-state index in [0.717, 1.165) is 52.3 Å². The Labute approximate surface area is 314 Å². The van der Waals surface area contributed by atoms with Gasteiger partial charge in [0.05, 0.1) is 51.3 Å². The number of piperidine rings is 1. The zero-order chi connectivity index (χ0) is 37.6. The summed E-state index contributed by atoms with van der Waals surface area (Å²) in [6, 6.07) is 5.95. The van der Waals surface area contributed by atoms with Crippen LogP contribution in [-0.2, 0) is 33.7 Å². The minimum atomic E-state index is -0.494. The number of nitrogens with zero attached hydrogens (tertiary/aromatic N) is 7. The number of likely N-dealkylation sites (tertiary alicyclic amines) is 1. The number of nitriles is 1. The number of anilines is 1. The van der Waals surface area contributed by atoms with Crippen LogP contribution in [0.4, 0.5) is 14.6 Å². The lowest BCUT2D eigenvalue weighted by Crippen LogP contribution is -2.41. The predicted octanol–water partition coefficient (Wildman–Crippen LogP) is 7.64. The van der Waals surface area contributed by atoms with Gasteiger partial charge in [0.1, 0.15) is 32.5 Å². The lowest BCUT2D eigenvalue weighted by Gasteiger charge is -2.30. The number of rotatable bonds is 2. The van der Waals surface area contributed by atoms with E-state index >= 15 is 0 Å². The van der Waals surface area contributed by atoms with Gasteiger partial charge >= 0.3 is 12.2 Å². The molecule has 0 saturated carbocycles. The second kappa shape index (κ2) is 16.3. The molecule has 0 aliphatic carbocycles. The first-order valence-corrected chi connectivity index (χ1v) is 19.2. The largest absolute Gasteiger partial charge is 0.444 e. The third-order valence-electron chi connectivity index (χ3n) is 7.58. The molecule has 0 unspecified atom stereocenters. The molecule has 2 amide bonds. The van der Waals surface area contributed by atoms with E-state index in [0.29, 0.717) is 45.4 Å². The molecule has 16 heteroatoms. The van der Waals surface area contributed by atoms with Crippen molar-refractivity contribution < 1.29 is 23.9 Å². The molecule has 0 spiro atoms. The SMILES string of the molecule is CC(C)(C)OC(=O)N1CCC(=O)CC1.CC(C)(C)OC(=O)N1CCc2c(sc(N)c2-c2nc3cnccc3s2)C1.N#CCc1nc2cnccc2s1. The van der Waals surface area contributed by atoms with Crippen molar-refractivity contribution >= 4 is 77.4 Å². The Morgan fingerprint density at radius 1 is 0.846 bits per heavy atom. The second-order valence-corrected chi connectivity index (χ2v) is 17.3. The third-order valence-corrected chi connectivity index (χ3v) is 10.7. The molecule has 0 radical (unpaired) electrons. The highest BCUT2D eigenvalue weighted by Crippen LogP contribution is 2.44. The number of hydrogen-bond acceptors (Lipinski definition) is 14. The molecule has 52 heavy (non-hydrogen) atoms. The number of nitrogens with two attached hydrogens (primary N) is 1. The number of carbonyl (C=O) groups is 3. The molecule has 0 bridgehead atoms. The molecule has 7 heterocycles. The number of hydrogen-bond donors (Lipinski definition) is 1. The fourth-order valence-corrected chi connectivity index (χ4v) is 8.35. The van der Waals surface area contributed by atoms with Gasteiger partial charge in [-0.15, -0.1) is 34.0 Å². The highest BCUT2D eigenvalue weighted by molar-refractivity contribution is 7.22. The predicted molar refractivity (Wildman–Crippen MR) is 204 cm³/mol. The number of thiazole rings is 2. The van der Waals surface area contributed by atoms with Crippen molar-refractivity contribution in [2.75, 3.05) is 25.4 Å². The zero-order valence-corrected chi connectivity index (χ0v) is 32.5. The fraction of sp³-hybridized carbons (Fsp3) is 0.444. The molecular formula is C36H42N8O5S3. The van der Waals surface area contributed by atoms with E-state index in [1.54, 1.807) is 68.6 Å². The first kappa shape index (κ1) is 38.5. The number of ether oxygens (including phenoxy) is 2. The quantitative estimate of drug-likeness (QED) is 0.187. The summed E-state index contributed by atoms with van der Waals surface area (Å²) in [7, 11) is 0. The third kappa shape index (κ3) is 10.2. The number of thiophene rings is 1. The molecule has 13 nitrogen and oxygen atoms in total. The highest BCUT2D eigenvalue weighted by atomic mass is 32.1. The number of fused-ring (bicyclic) bond motifs is 3. The summed E-state index contributed by atoms with van der Waals surface area (Å²) in [4.78, 5) is 56.3. The molecule has 1 saturated heterocycles. The van der Waals surface area contributed by atoms with Gasteiger partial charge in [-0.25, -0.2) is 19.6 Å². The van der Waals surface area contributed by atoms with Crippen LogP contribution in [0, 0.1) is 11.3 Å². The smallest absolute Gasteiger partial charge is 0.410 e. The summed E-state index contributed by atoms with van der Waals surface area (Å²) >= 11 is 4.72. The summed E-state index contributed by atoms with van der Waals surface area (Å²) < 4.78 is 12.9. The van der Waals surface area contributed by atoms with Crippen LogP contribution in [0.1, 0.15) is 69.8 Å². The Kier molecular flexibility index (Phi) is 12.1. The number of carbonyl (C=O) groups excluding carboxylic acids is 3. The standard InChI is InChI=1S/C18H20N4O2S2.C10H17NO3.C8H5N3S/c1-18(2,3)24-17(23)22-7-5-10-13(9-22)25-15(19)14(10)16-21-11-8-20-6-4-12(11)26-16;1-10(2,3)14-9(13)11-6-4-8(12)5-7-11;9-3-1-8-11-6-5-10-4-2-7(6)12-8/h4,6,8H,5,7,9,19H2,1-3H3;4-7H2,1-3H3;2,4-5H,1H2. The maximum atomic E-state index is 12.4. The van der Waals surface area contributed by atoms with Crippen LogP contribution in [0.3, 0.4) is 0 Å². The van der Waals surface area contributed by atoms with Crippen LogP contribution < -0.4 is 5.73 Å². The number of Topliss-reactive ketones (excluding diaryl/α,β-unsaturated/α-hetero) is 1. The maximum absolute atomic E-state index is 12.4. The van der Waals surface area contributed by atoms with Crippen molar-refractivity contribution in [3.63, 3.8) is 0 Å². The molecule has 5 aromatic rings. The van der Waals surface area contributed by atoms with Gasteiger partial charge in [0, 0.05) is 55.3 Å². The van der Waals surface area contributed by atoms with Gasteiger partial charge in [-0.05, 0) is 65.7 Å². The molecule has 1 fully saturated rings. The number of aromatic nitrogens is 4. The molecule has 2 N–H and O–H groups in total. The number of amides is 2. The van der Waals surface area contributed by atoms with Gasteiger partial charge in [-0.3, -0.25) is 14.8 Å². The first-order chi connectivity index (χ1) is 24.6. The van der Waals surface area contributed by atoms with Gasteiger partial charge in [0.15, 0.2) is 0 Å². The van der Waals surface area contributed by atoms with Crippen LogP contribution in [0.25, 0.3) is 31.0 Å². The number of pyridine rings is 2. The Balaban J connectivity index is 0.000000169. The van der Waals surface area contributed by atoms with Gasteiger partial charge < -0.3 is 25.0 Å². The van der Waals surface area contributed by atoms with E-state index in [9.17, 15) is 14.4 Å². The van der Waals surface area contributed by atoms with Crippen molar-refractivity contribution in [3.8, 4) is 16.6 Å². The summed E-state index contributed by atoms with van der Waals surface area (Å²) in [5.74, 6) is 0.227. The molecule has 274 valence electrons. The molecule has 5 aromatic heterocycles. The molecule has 2 aliphatic heterocycles. The van der Waals surface area contributed by atoms with Gasteiger partial charge in [-0.2, -0.15) is 5.26 Å². The minimum absolute atomic E-state index is 0.227. The normalized spacial score (nSPS) is 14.4. The summed E-state index contributed by atoms with van der Waals surface area (Å²) in [6.07, 6.45) is 8.46. The fourth-order valence-electron chi connectivity index (χ4n) is 5.26. The van der Waals surface area contributed by atoms with Gasteiger partial charge in [-0.1, -0.05) is 0 Å². The topological polar surface area (TPSA) is 178 Å². The Morgan fingerprint density at radius 3 is 1.96 bits per heavy atom. The van der Waals surface area contributed by atoms with Gasteiger partial charge in [0.25, 0.3) is 0 Å². The second-order valence-electron chi connectivity index (χ2n) is 14.0. The number of nitrogen functional groups attached to an aromatic ring is 1. The van der Waals surface area contributed by atoms with Crippen LogP contribution in [0.5, 0.6) is 0 Å². The van der Waals surface area contributed by atoms with Crippen molar-refractivity contribution in [3.05, 3.63) is 52.4 Å². The van der Waals surface area contributed by atoms with Crippen molar-refractivity contribution in [2.24, 2.45) is 0 Å². The maximum Gasteiger partial charge on any atom is 0.410 e. The first-order valence-electron chi connectivity index (χ1n) is 16.7. The van der Waals surface area contributed by atoms with Crippen molar-refractivity contribution in [1.29, 1.82) is 5.26 Å². The highest BCUT2D eigenvalue weighted by Gasteiger charge is 2.30. The summed E-state index contributed by atoms with van der Waals surface area (Å²) in [6.45, 7) is 13.3. The van der Waals surface area contributed by atoms with E-state index in [1.807, 2.05) is 53.7 Å². The Hall–Kier alpha value is -4.72. The van der Waals surface area contributed by atoms with Crippen molar-refractivity contribution in [2.45, 2.75) is 85.0 Å². The minimum Gasteiger partial charge on any atom is -0.444 e. The molecule has 0 atom stereocenters. The monoisotopic (exact) mass is 762 g/mol. The van der Waals surface area contributed by atoms with Crippen LogP contribution in [-0.4, -0.2) is 78.5 Å². The molecular weight excluding hydrogens is 721 g/mol. The number of ketones is 1. The van der Waals surface area contributed by atoms with Gasteiger partial charge in [0.2, 0.25) is 0 Å². The lowest BCUT2D eigenvalue weighted by molar-refractivity contribution is -0.121. The van der Waals surface area contributed by atoms with E-state index in [2.05, 4.69) is 21.0 Å². The molecule has 2 aliphatic rings. The van der Waals surface area contributed by atoms with E-state index in [1.165, 1.54) is 5.56 Å². The Morgan fingerprint density at radius 2 is 1.40 bits per heavy atom. The van der Waals surface area contributed by atoms with Crippen LogP contribution in [0.15, 0.2) is 36.9 Å².